The smallest absolute Gasteiger partial charge is 0.252 e. The number of carbonyl (C=O) groups excluding carboxylic acids is 1. The molecule has 0 unspecified atom stereocenters. The molecule has 2 saturated heterocycles. The Balaban J connectivity index is 1.27. The summed E-state index contributed by atoms with van der Waals surface area (Å²) in [7, 11) is -3.37. The molecule has 1 aliphatic carbocycles. The lowest BCUT2D eigenvalue weighted by Gasteiger charge is -2.42. The minimum absolute atomic E-state index is 0.216. The highest BCUT2D eigenvalue weighted by Gasteiger charge is 2.34. The molecule has 8 heteroatoms. The van der Waals surface area contributed by atoms with Crippen LogP contribution in [0.25, 0.3) is 0 Å². The van der Waals surface area contributed by atoms with Crippen LogP contribution in [0.5, 0.6) is 0 Å². The van der Waals surface area contributed by atoms with Crippen molar-refractivity contribution in [3.8, 4) is 0 Å². The lowest BCUT2D eigenvalue weighted by atomic mass is 9.75. The molecule has 0 aromatic carbocycles. The van der Waals surface area contributed by atoms with E-state index < -0.39 is 10.0 Å². The third-order valence-corrected chi connectivity index (χ3v) is 9.69. The fraction of sp³-hybridized carbons (Fsp3) is 0.737. The van der Waals surface area contributed by atoms with Crippen LogP contribution in [0, 0.1) is 11.8 Å². The average Bonchev–Trinajstić information content (AvgIpc) is 3.24. The highest BCUT2D eigenvalue weighted by molar-refractivity contribution is 7.91. The van der Waals surface area contributed by atoms with Gasteiger partial charge in [0.25, 0.3) is 10.0 Å². The summed E-state index contributed by atoms with van der Waals surface area (Å²) in [6, 6.07) is 3.42. The van der Waals surface area contributed by atoms with Gasteiger partial charge in [-0.1, -0.05) is 25.3 Å². The predicted octanol–water partition coefficient (Wildman–Crippen LogP) is 2.09. The van der Waals surface area contributed by atoms with E-state index in [-0.39, 0.29) is 5.91 Å². The molecule has 1 aromatic heterocycles. The molecule has 27 heavy (non-hydrogen) atoms. The lowest BCUT2D eigenvalue weighted by Crippen LogP contribution is -2.53. The molecule has 3 fully saturated rings. The number of rotatable bonds is 4. The van der Waals surface area contributed by atoms with Crippen molar-refractivity contribution in [2.45, 2.75) is 36.3 Å². The third kappa shape index (κ3) is 4.23. The minimum Gasteiger partial charge on any atom is -0.341 e. The lowest BCUT2D eigenvalue weighted by molar-refractivity contribution is -0.135. The molecule has 2 atom stereocenters. The Morgan fingerprint density at radius 2 is 1.78 bits per heavy atom. The van der Waals surface area contributed by atoms with E-state index in [0.29, 0.717) is 42.9 Å². The van der Waals surface area contributed by atoms with Crippen LogP contribution in [0.3, 0.4) is 0 Å². The standard InChI is InChI=1S/C19H29N3O3S2/c23-18(21-8-7-16-4-1-2-5-17(16)14-21)15-20-9-11-22(12-10-20)27(24,25)19-6-3-13-26-19/h3,6,13,16-17H,1-2,4-5,7-12,14-15H2/t16-,17-/m1/s1. The molecule has 1 aromatic rings. The number of likely N-dealkylation sites (tertiary alicyclic amines) is 1. The summed E-state index contributed by atoms with van der Waals surface area (Å²) in [6.07, 6.45) is 6.43. The number of hydrogen-bond donors (Lipinski definition) is 0. The van der Waals surface area contributed by atoms with Crippen LogP contribution < -0.4 is 0 Å². The molecule has 2 aliphatic heterocycles. The third-order valence-electron chi connectivity index (χ3n) is 6.42. The monoisotopic (exact) mass is 411 g/mol. The van der Waals surface area contributed by atoms with Crippen molar-refractivity contribution in [2.75, 3.05) is 45.8 Å². The van der Waals surface area contributed by atoms with E-state index in [4.69, 9.17) is 0 Å². The topological polar surface area (TPSA) is 60.9 Å². The molecule has 0 bridgehead atoms. The number of carbonyl (C=O) groups is 1. The zero-order valence-corrected chi connectivity index (χ0v) is 17.4. The first kappa shape index (κ1) is 19.4. The Hall–Kier alpha value is -0.960. The number of piperidine rings is 1. The molecule has 0 spiro atoms. The number of nitrogens with zero attached hydrogens (tertiary/aromatic N) is 3. The van der Waals surface area contributed by atoms with Crippen LogP contribution in [0.2, 0.25) is 0 Å². The number of piperazine rings is 1. The number of sulfonamides is 1. The molecule has 1 saturated carbocycles. The second-order valence-electron chi connectivity index (χ2n) is 8.05. The zero-order valence-electron chi connectivity index (χ0n) is 15.8. The van der Waals surface area contributed by atoms with E-state index in [1.165, 1.54) is 37.0 Å². The molecule has 3 aliphatic rings. The van der Waals surface area contributed by atoms with Crippen molar-refractivity contribution < 1.29 is 13.2 Å². The van der Waals surface area contributed by atoms with Gasteiger partial charge in [0.1, 0.15) is 4.21 Å². The largest absolute Gasteiger partial charge is 0.341 e. The summed E-state index contributed by atoms with van der Waals surface area (Å²) >= 11 is 1.26. The van der Waals surface area contributed by atoms with Crippen LogP contribution in [0.4, 0.5) is 0 Å². The van der Waals surface area contributed by atoms with Gasteiger partial charge in [0, 0.05) is 39.3 Å². The van der Waals surface area contributed by atoms with Crippen LogP contribution >= 0.6 is 11.3 Å². The summed E-state index contributed by atoms with van der Waals surface area (Å²) < 4.78 is 27.2. The molecule has 3 heterocycles. The average molecular weight is 412 g/mol. The second-order valence-corrected chi connectivity index (χ2v) is 11.2. The van der Waals surface area contributed by atoms with Gasteiger partial charge in [0.2, 0.25) is 5.91 Å². The number of thiophene rings is 1. The van der Waals surface area contributed by atoms with Crippen molar-refractivity contribution in [3.63, 3.8) is 0 Å². The Kier molecular flexibility index (Phi) is 5.87. The molecule has 0 radical (unpaired) electrons. The van der Waals surface area contributed by atoms with E-state index in [2.05, 4.69) is 9.80 Å². The van der Waals surface area contributed by atoms with Gasteiger partial charge in [-0.15, -0.1) is 11.3 Å². The van der Waals surface area contributed by atoms with Crippen LogP contribution in [-0.4, -0.2) is 74.2 Å². The van der Waals surface area contributed by atoms with Gasteiger partial charge in [-0.2, -0.15) is 4.31 Å². The normalized spacial score (nSPS) is 28.1. The quantitative estimate of drug-likeness (QED) is 0.761. The van der Waals surface area contributed by atoms with Gasteiger partial charge in [-0.3, -0.25) is 9.69 Å². The molecule has 1 amide bonds. The van der Waals surface area contributed by atoms with E-state index in [9.17, 15) is 13.2 Å². The predicted molar refractivity (Wildman–Crippen MR) is 106 cm³/mol. The Morgan fingerprint density at radius 1 is 1.04 bits per heavy atom. The molecule has 4 rings (SSSR count). The summed E-state index contributed by atoms with van der Waals surface area (Å²) in [4.78, 5) is 16.9. The first-order valence-corrected chi connectivity index (χ1v) is 12.4. The van der Waals surface area contributed by atoms with Crippen molar-refractivity contribution in [2.24, 2.45) is 11.8 Å². The fourth-order valence-corrected chi connectivity index (χ4v) is 7.35. The Labute approximate surface area is 166 Å². The Bertz CT molecular complexity index is 742. The summed E-state index contributed by atoms with van der Waals surface area (Å²) in [6.45, 7) is 4.40. The molecular weight excluding hydrogens is 382 g/mol. The van der Waals surface area contributed by atoms with Gasteiger partial charge in [-0.05, 0) is 36.1 Å². The first-order chi connectivity index (χ1) is 13.0. The van der Waals surface area contributed by atoms with E-state index in [1.807, 2.05) is 0 Å². The van der Waals surface area contributed by atoms with Gasteiger partial charge < -0.3 is 4.90 Å². The van der Waals surface area contributed by atoms with Crippen molar-refractivity contribution >= 4 is 27.3 Å². The summed E-state index contributed by atoms with van der Waals surface area (Å²) in [5.74, 6) is 1.74. The van der Waals surface area contributed by atoms with Crippen LogP contribution in [-0.2, 0) is 14.8 Å². The van der Waals surface area contributed by atoms with Crippen LogP contribution in [0.1, 0.15) is 32.1 Å². The van der Waals surface area contributed by atoms with Crippen molar-refractivity contribution in [1.82, 2.24) is 14.1 Å². The molecular formula is C19H29N3O3S2. The molecule has 150 valence electrons. The summed E-state index contributed by atoms with van der Waals surface area (Å²) in [5.41, 5.74) is 0. The maximum atomic E-state index is 12.8. The van der Waals surface area contributed by atoms with Crippen molar-refractivity contribution in [3.05, 3.63) is 17.5 Å². The maximum absolute atomic E-state index is 12.8. The molecule has 0 N–H and O–H groups in total. The van der Waals surface area contributed by atoms with E-state index >= 15 is 0 Å². The molecule has 6 nitrogen and oxygen atoms in total. The van der Waals surface area contributed by atoms with Crippen molar-refractivity contribution in [1.29, 1.82) is 0 Å². The van der Waals surface area contributed by atoms with Gasteiger partial charge in [0.15, 0.2) is 0 Å². The SMILES string of the molecule is O=C(CN1CCN(S(=O)(=O)c2cccs2)CC1)N1CC[C@H]2CCCC[C@@H]2C1. The van der Waals surface area contributed by atoms with Gasteiger partial charge in [0.05, 0.1) is 6.54 Å². The fourth-order valence-electron chi connectivity index (χ4n) is 4.78. The van der Waals surface area contributed by atoms with Gasteiger partial charge >= 0.3 is 0 Å². The second kappa shape index (κ2) is 8.19. The van der Waals surface area contributed by atoms with E-state index in [0.717, 1.165) is 25.4 Å². The first-order valence-electron chi connectivity index (χ1n) is 10.1. The maximum Gasteiger partial charge on any atom is 0.252 e. The summed E-state index contributed by atoms with van der Waals surface area (Å²) in [5, 5.41) is 1.79. The Morgan fingerprint density at radius 3 is 2.48 bits per heavy atom. The minimum atomic E-state index is -3.37. The van der Waals surface area contributed by atoms with E-state index in [1.54, 1.807) is 21.8 Å². The highest BCUT2D eigenvalue weighted by Crippen LogP contribution is 2.36. The van der Waals surface area contributed by atoms with Crippen LogP contribution in [0.15, 0.2) is 21.7 Å². The number of fused-ring (bicyclic) bond motifs is 1. The number of amides is 1. The highest BCUT2D eigenvalue weighted by atomic mass is 32.2. The van der Waals surface area contributed by atoms with Gasteiger partial charge in [-0.25, -0.2) is 8.42 Å². The zero-order chi connectivity index (χ0) is 18.9. The number of hydrogen-bond acceptors (Lipinski definition) is 5.